The molecule has 29 heavy (non-hydrogen) atoms. The molecule has 0 saturated carbocycles. The third-order valence-corrected chi connectivity index (χ3v) is 4.67. The van der Waals surface area contributed by atoms with E-state index in [1.807, 2.05) is 57.4 Å². The van der Waals surface area contributed by atoms with Gasteiger partial charge < -0.3 is 14.7 Å². The van der Waals surface area contributed by atoms with Crippen molar-refractivity contribution in [3.63, 3.8) is 0 Å². The van der Waals surface area contributed by atoms with Gasteiger partial charge >= 0.3 is 0 Å². The first-order chi connectivity index (χ1) is 14.1. The van der Waals surface area contributed by atoms with Crippen LogP contribution in [-0.2, 0) is 6.54 Å². The standard InChI is InChI=1S/C23H23N5O/c1-16-4-8-18(9-5-16)22-26-23(29-27-22)19-10-13-21(25-15-19)24-14-17-6-11-20(12-7-17)28(2)3/h4-13,15H,14H2,1-3H3,(H,24,25). The summed E-state index contributed by atoms with van der Waals surface area (Å²) in [4.78, 5) is 11.0. The first-order valence-electron chi connectivity index (χ1n) is 9.46. The molecule has 2 aromatic carbocycles. The van der Waals surface area contributed by atoms with Gasteiger partial charge in [-0.15, -0.1) is 0 Å². The summed E-state index contributed by atoms with van der Waals surface area (Å²) in [5.41, 5.74) is 5.29. The minimum Gasteiger partial charge on any atom is -0.378 e. The molecule has 0 atom stereocenters. The molecule has 2 aromatic heterocycles. The Labute approximate surface area is 170 Å². The first-order valence-corrected chi connectivity index (χ1v) is 9.46. The fraction of sp³-hybridized carbons (Fsp3) is 0.174. The third-order valence-electron chi connectivity index (χ3n) is 4.67. The fourth-order valence-electron chi connectivity index (χ4n) is 2.89. The lowest BCUT2D eigenvalue weighted by atomic mass is 10.1. The lowest BCUT2D eigenvalue weighted by molar-refractivity contribution is 0.432. The van der Waals surface area contributed by atoms with E-state index in [1.165, 1.54) is 16.8 Å². The number of anilines is 2. The van der Waals surface area contributed by atoms with Gasteiger partial charge in [-0.25, -0.2) is 4.98 Å². The lowest BCUT2D eigenvalue weighted by Crippen LogP contribution is -2.08. The van der Waals surface area contributed by atoms with Gasteiger partial charge in [-0.3, -0.25) is 0 Å². The van der Waals surface area contributed by atoms with Gasteiger partial charge in [0.05, 0.1) is 5.56 Å². The van der Waals surface area contributed by atoms with Crippen molar-refractivity contribution in [1.29, 1.82) is 0 Å². The molecule has 4 rings (SSSR count). The number of benzene rings is 2. The van der Waals surface area contributed by atoms with Gasteiger partial charge in [0.2, 0.25) is 5.82 Å². The molecule has 146 valence electrons. The van der Waals surface area contributed by atoms with Crippen LogP contribution in [0.2, 0.25) is 0 Å². The number of nitrogens with zero attached hydrogens (tertiary/aromatic N) is 4. The van der Waals surface area contributed by atoms with Crippen molar-refractivity contribution in [1.82, 2.24) is 15.1 Å². The second kappa shape index (κ2) is 8.14. The number of rotatable bonds is 6. The highest BCUT2D eigenvalue weighted by Gasteiger charge is 2.11. The highest BCUT2D eigenvalue weighted by atomic mass is 16.5. The van der Waals surface area contributed by atoms with Crippen LogP contribution in [0.5, 0.6) is 0 Å². The van der Waals surface area contributed by atoms with Crippen LogP contribution in [0, 0.1) is 6.92 Å². The van der Waals surface area contributed by atoms with Crippen LogP contribution < -0.4 is 10.2 Å². The number of hydrogen-bond acceptors (Lipinski definition) is 6. The molecule has 4 aromatic rings. The molecule has 0 aliphatic heterocycles. The lowest BCUT2D eigenvalue weighted by Gasteiger charge is -2.13. The maximum atomic E-state index is 5.41. The van der Waals surface area contributed by atoms with E-state index >= 15 is 0 Å². The van der Waals surface area contributed by atoms with Gasteiger partial charge in [0.25, 0.3) is 5.89 Å². The maximum absolute atomic E-state index is 5.41. The molecule has 0 spiro atoms. The van der Waals surface area contributed by atoms with E-state index in [9.17, 15) is 0 Å². The zero-order valence-corrected chi connectivity index (χ0v) is 16.8. The maximum Gasteiger partial charge on any atom is 0.259 e. The van der Waals surface area contributed by atoms with Crippen LogP contribution >= 0.6 is 0 Å². The van der Waals surface area contributed by atoms with Crippen LogP contribution in [0.4, 0.5) is 11.5 Å². The Balaban J connectivity index is 1.41. The second-order valence-electron chi connectivity index (χ2n) is 7.14. The topological polar surface area (TPSA) is 67.1 Å². The van der Waals surface area contributed by atoms with Crippen molar-refractivity contribution in [3.8, 4) is 22.8 Å². The Morgan fingerprint density at radius 3 is 2.28 bits per heavy atom. The van der Waals surface area contributed by atoms with Crippen LogP contribution in [0.15, 0.2) is 71.4 Å². The molecule has 0 fully saturated rings. The van der Waals surface area contributed by atoms with Crippen LogP contribution in [0.3, 0.4) is 0 Å². The van der Waals surface area contributed by atoms with E-state index in [4.69, 9.17) is 4.52 Å². The van der Waals surface area contributed by atoms with Crippen molar-refractivity contribution < 1.29 is 4.52 Å². The van der Waals surface area contributed by atoms with Crippen LogP contribution in [0.1, 0.15) is 11.1 Å². The Bertz CT molecular complexity index is 1070. The largest absolute Gasteiger partial charge is 0.378 e. The Morgan fingerprint density at radius 2 is 1.62 bits per heavy atom. The minimum atomic E-state index is 0.457. The predicted octanol–water partition coefficient (Wildman–Crippen LogP) is 4.79. The average molecular weight is 385 g/mol. The van der Waals surface area contributed by atoms with Crippen molar-refractivity contribution in [2.75, 3.05) is 24.3 Å². The Hall–Kier alpha value is -3.67. The molecule has 0 aliphatic carbocycles. The summed E-state index contributed by atoms with van der Waals surface area (Å²) in [5.74, 6) is 1.82. The number of nitrogens with one attached hydrogen (secondary N) is 1. The van der Waals surface area contributed by atoms with Gasteiger partial charge in [-0.05, 0) is 36.8 Å². The zero-order chi connectivity index (χ0) is 20.2. The van der Waals surface area contributed by atoms with Crippen molar-refractivity contribution >= 4 is 11.5 Å². The Kier molecular flexibility index (Phi) is 5.24. The summed E-state index contributed by atoms with van der Waals surface area (Å²) in [5, 5.41) is 7.41. The molecule has 1 N–H and O–H groups in total. The molecule has 2 heterocycles. The monoisotopic (exact) mass is 385 g/mol. The van der Waals surface area contributed by atoms with Gasteiger partial charge in [0, 0.05) is 38.1 Å². The van der Waals surface area contributed by atoms with E-state index < -0.39 is 0 Å². The first kappa shape index (κ1) is 18.7. The second-order valence-corrected chi connectivity index (χ2v) is 7.14. The van der Waals surface area contributed by atoms with E-state index in [2.05, 4.69) is 49.6 Å². The van der Waals surface area contributed by atoms with Gasteiger partial charge in [-0.1, -0.05) is 47.1 Å². The fourth-order valence-corrected chi connectivity index (χ4v) is 2.89. The number of aromatic nitrogens is 3. The number of pyridine rings is 1. The predicted molar refractivity (Wildman–Crippen MR) is 116 cm³/mol. The van der Waals surface area contributed by atoms with E-state index in [0.717, 1.165) is 16.9 Å². The normalized spacial score (nSPS) is 10.7. The van der Waals surface area contributed by atoms with Gasteiger partial charge in [-0.2, -0.15) is 4.98 Å². The molecule has 0 radical (unpaired) electrons. The number of hydrogen-bond donors (Lipinski definition) is 1. The van der Waals surface area contributed by atoms with Crippen LogP contribution in [0.25, 0.3) is 22.8 Å². The zero-order valence-electron chi connectivity index (χ0n) is 16.8. The molecule has 0 aliphatic rings. The van der Waals surface area contributed by atoms with Crippen molar-refractivity contribution in [2.24, 2.45) is 0 Å². The highest BCUT2D eigenvalue weighted by Crippen LogP contribution is 2.23. The summed E-state index contributed by atoms with van der Waals surface area (Å²) in [6.07, 6.45) is 1.74. The smallest absolute Gasteiger partial charge is 0.259 e. The molecule has 0 amide bonds. The van der Waals surface area contributed by atoms with Gasteiger partial charge in [0.15, 0.2) is 0 Å². The van der Waals surface area contributed by atoms with Crippen molar-refractivity contribution in [2.45, 2.75) is 13.5 Å². The van der Waals surface area contributed by atoms with Gasteiger partial charge in [0.1, 0.15) is 5.82 Å². The summed E-state index contributed by atoms with van der Waals surface area (Å²) in [6, 6.07) is 20.3. The van der Waals surface area contributed by atoms with Crippen molar-refractivity contribution in [3.05, 3.63) is 78.0 Å². The minimum absolute atomic E-state index is 0.457. The Morgan fingerprint density at radius 1 is 0.897 bits per heavy atom. The van der Waals surface area contributed by atoms with E-state index in [-0.39, 0.29) is 0 Å². The molecule has 0 unspecified atom stereocenters. The summed E-state index contributed by atoms with van der Waals surface area (Å²) >= 11 is 0. The third kappa shape index (κ3) is 4.43. The summed E-state index contributed by atoms with van der Waals surface area (Å²) in [6.45, 7) is 2.75. The summed E-state index contributed by atoms with van der Waals surface area (Å²) < 4.78 is 5.41. The average Bonchev–Trinajstić information content (AvgIpc) is 3.24. The van der Waals surface area contributed by atoms with E-state index in [0.29, 0.717) is 18.3 Å². The molecular formula is C23H23N5O. The number of aryl methyl sites for hydroxylation is 1. The molecule has 0 saturated heterocycles. The molecule has 6 heteroatoms. The SMILES string of the molecule is Cc1ccc(-c2noc(-c3ccc(NCc4ccc(N(C)C)cc4)nc3)n2)cc1. The van der Waals surface area contributed by atoms with Crippen LogP contribution in [-0.4, -0.2) is 29.2 Å². The van der Waals surface area contributed by atoms with E-state index in [1.54, 1.807) is 6.20 Å². The summed E-state index contributed by atoms with van der Waals surface area (Å²) in [7, 11) is 4.07. The quantitative estimate of drug-likeness (QED) is 0.515. The molecular weight excluding hydrogens is 362 g/mol. The highest BCUT2D eigenvalue weighted by molar-refractivity contribution is 5.60. The molecule has 0 bridgehead atoms. The molecule has 6 nitrogen and oxygen atoms in total.